The SMILES string of the molecule is COCc1nc(-c2ccc3c(c2)OCC3NC(=O)c2ccnc(CO)c2)no1. The van der Waals surface area contributed by atoms with Crippen LogP contribution in [0.3, 0.4) is 0 Å². The summed E-state index contributed by atoms with van der Waals surface area (Å²) in [5.74, 6) is 1.24. The van der Waals surface area contributed by atoms with Gasteiger partial charge in [-0.15, -0.1) is 0 Å². The zero-order valence-electron chi connectivity index (χ0n) is 15.1. The van der Waals surface area contributed by atoms with Gasteiger partial charge in [-0.25, -0.2) is 0 Å². The van der Waals surface area contributed by atoms with Crippen molar-refractivity contribution in [3.05, 3.63) is 59.2 Å². The van der Waals surface area contributed by atoms with Crippen LogP contribution in [0.15, 0.2) is 41.1 Å². The third kappa shape index (κ3) is 3.57. The molecule has 4 rings (SSSR count). The predicted molar refractivity (Wildman–Crippen MR) is 96.3 cm³/mol. The van der Waals surface area contributed by atoms with Crippen LogP contribution in [-0.4, -0.2) is 39.9 Å². The number of ether oxygens (including phenoxy) is 2. The minimum absolute atomic E-state index is 0.221. The van der Waals surface area contributed by atoms with E-state index in [0.717, 1.165) is 11.1 Å². The average molecular weight is 382 g/mol. The van der Waals surface area contributed by atoms with E-state index < -0.39 is 0 Å². The van der Waals surface area contributed by atoms with Gasteiger partial charge in [0.1, 0.15) is 19.0 Å². The Labute approximate surface area is 160 Å². The van der Waals surface area contributed by atoms with Crippen LogP contribution in [0.2, 0.25) is 0 Å². The highest BCUT2D eigenvalue weighted by molar-refractivity contribution is 5.94. The van der Waals surface area contributed by atoms with E-state index in [1.807, 2.05) is 18.2 Å². The van der Waals surface area contributed by atoms with Gasteiger partial charge < -0.3 is 24.4 Å². The van der Waals surface area contributed by atoms with Gasteiger partial charge in [0.25, 0.3) is 11.8 Å². The first-order chi connectivity index (χ1) is 13.7. The van der Waals surface area contributed by atoms with Gasteiger partial charge in [0.15, 0.2) is 0 Å². The van der Waals surface area contributed by atoms with E-state index in [0.29, 0.717) is 35.3 Å². The van der Waals surface area contributed by atoms with Crippen molar-refractivity contribution >= 4 is 5.91 Å². The summed E-state index contributed by atoms with van der Waals surface area (Å²) in [6.45, 7) is 0.348. The van der Waals surface area contributed by atoms with Crippen LogP contribution in [0, 0.1) is 0 Å². The second-order valence-corrected chi connectivity index (χ2v) is 6.23. The van der Waals surface area contributed by atoms with E-state index in [4.69, 9.17) is 14.0 Å². The van der Waals surface area contributed by atoms with E-state index in [1.165, 1.54) is 6.20 Å². The number of carbonyl (C=O) groups excluding carboxylic acids is 1. The van der Waals surface area contributed by atoms with E-state index in [1.54, 1.807) is 19.2 Å². The number of amides is 1. The quantitative estimate of drug-likeness (QED) is 0.660. The highest BCUT2D eigenvalue weighted by Crippen LogP contribution is 2.35. The van der Waals surface area contributed by atoms with Crippen molar-refractivity contribution in [2.24, 2.45) is 0 Å². The Morgan fingerprint density at radius 1 is 1.36 bits per heavy atom. The Morgan fingerprint density at radius 2 is 2.25 bits per heavy atom. The number of nitrogens with zero attached hydrogens (tertiary/aromatic N) is 3. The maximum Gasteiger partial charge on any atom is 0.252 e. The summed E-state index contributed by atoms with van der Waals surface area (Å²) in [7, 11) is 1.55. The minimum atomic E-state index is -0.281. The highest BCUT2D eigenvalue weighted by atomic mass is 16.5. The first-order valence-electron chi connectivity index (χ1n) is 8.63. The summed E-state index contributed by atoms with van der Waals surface area (Å²) in [4.78, 5) is 20.8. The van der Waals surface area contributed by atoms with Gasteiger partial charge in [-0.05, 0) is 18.2 Å². The normalized spacial score (nSPS) is 15.1. The molecule has 0 aliphatic carbocycles. The molecule has 1 amide bonds. The van der Waals surface area contributed by atoms with Gasteiger partial charge in [0, 0.05) is 30.0 Å². The monoisotopic (exact) mass is 382 g/mol. The molecule has 3 heterocycles. The largest absolute Gasteiger partial charge is 0.491 e. The number of hydrogen-bond donors (Lipinski definition) is 2. The Balaban J connectivity index is 1.50. The Kier molecular flexibility index (Phi) is 5.00. The van der Waals surface area contributed by atoms with Gasteiger partial charge in [-0.1, -0.05) is 17.3 Å². The highest BCUT2D eigenvalue weighted by Gasteiger charge is 2.27. The van der Waals surface area contributed by atoms with E-state index in [-0.39, 0.29) is 25.2 Å². The predicted octanol–water partition coefficient (Wildman–Crippen LogP) is 1.63. The molecule has 1 aromatic carbocycles. The van der Waals surface area contributed by atoms with Crippen molar-refractivity contribution in [3.8, 4) is 17.1 Å². The van der Waals surface area contributed by atoms with Crippen LogP contribution in [0.1, 0.15) is 33.5 Å². The lowest BCUT2D eigenvalue weighted by Crippen LogP contribution is -2.29. The van der Waals surface area contributed by atoms with Gasteiger partial charge >= 0.3 is 0 Å². The fraction of sp³-hybridized carbons (Fsp3) is 0.263. The number of hydrogen-bond acceptors (Lipinski definition) is 8. The molecule has 1 unspecified atom stereocenters. The van der Waals surface area contributed by atoms with Crippen LogP contribution in [-0.2, 0) is 18.0 Å². The molecule has 9 heteroatoms. The molecule has 0 saturated heterocycles. The molecule has 1 aliphatic rings. The number of fused-ring (bicyclic) bond motifs is 1. The van der Waals surface area contributed by atoms with Crippen LogP contribution >= 0.6 is 0 Å². The number of carbonyl (C=O) groups is 1. The maximum absolute atomic E-state index is 12.5. The number of aliphatic hydroxyl groups excluding tert-OH is 1. The number of rotatable bonds is 6. The van der Waals surface area contributed by atoms with E-state index in [2.05, 4.69) is 20.4 Å². The topological polar surface area (TPSA) is 120 Å². The molecule has 0 bridgehead atoms. The third-order valence-corrected chi connectivity index (χ3v) is 4.33. The molecular formula is C19H18N4O5. The van der Waals surface area contributed by atoms with Gasteiger partial charge in [0.2, 0.25) is 5.82 Å². The molecule has 0 radical (unpaired) electrons. The fourth-order valence-electron chi connectivity index (χ4n) is 2.97. The van der Waals surface area contributed by atoms with Crippen molar-refractivity contribution in [2.45, 2.75) is 19.3 Å². The van der Waals surface area contributed by atoms with Crippen molar-refractivity contribution in [1.82, 2.24) is 20.4 Å². The maximum atomic E-state index is 12.5. The standard InChI is InChI=1S/C19H18N4O5/c1-26-10-17-22-18(23-28-17)11-2-3-14-15(9-27-16(14)7-11)21-19(25)12-4-5-20-13(6-12)8-24/h2-7,15,24H,8-10H2,1H3,(H,21,25). The number of nitrogens with one attached hydrogen (secondary N) is 1. The second-order valence-electron chi connectivity index (χ2n) is 6.23. The number of pyridine rings is 1. The van der Waals surface area contributed by atoms with Crippen molar-refractivity contribution < 1.29 is 23.9 Å². The Morgan fingerprint density at radius 3 is 3.07 bits per heavy atom. The van der Waals surface area contributed by atoms with Gasteiger partial charge in [0.05, 0.1) is 18.3 Å². The average Bonchev–Trinajstić information content (AvgIpc) is 3.35. The molecular weight excluding hydrogens is 364 g/mol. The summed E-state index contributed by atoms with van der Waals surface area (Å²) in [6.07, 6.45) is 1.49. The summed E-state index contributed by atoms with van der Waals surface area (Å²) in [5, 5.41) is 16.1. The molecule has 1 atom stereocenters. The smallest absolute Gasteiger partial charge is 0.252 e. The van der Waals surface area contributed by atoms with Crippen molar-refractivity contribution in [1.29, 1.82) is 0 Å². The van der Waals surface area contributed by atoms with Crippen molar-refractivity contribution in [2.75, 3.05) is 13.7 Å². The molecule has 2 aromatic heterocycles. The molecule has 28 heavy (non-hydrogen) atoms. The summed E-state index contributed by atoms with van der Waals surface area (Å²) < 4.78 is 15.8. The molecule has 1 aliphatic heterocycles. The Bertz CT molecular complexity index is 1000. The first kappa shape index (κ1) is 18.1. The number of aliphatic hydroxyl groups is 1. The summed E-state index contributed by atoms with van der Waals surface area (Å²) >= 11 is 0. The number of aromatic nitrogens is 3. The molecule has 3 aromatic rings. The summed E-state index contributed by atoms with van der Waals surface area (Å²) in [6, 6.07) is 8.42. The van der Waals surface area contributed by atoms with Gasteiger partial charge in [-0.2, -0.15) is 4.98 Å². The molecule has 0 fully saturated rings. The van der Waals surface area contributed by atoms with Crippen LogP contribution in [0.4, 0.5) is 0 Å². The zero-order chi connectivity index (χ0) is 19.5. The van der Waals surface area contributed by atoms with E-state index in [9.17, 15) is 9.90 Å². The van der Waals surface area contributed by atoms with E-state index >= 15 is 0 Å². The van der Waals surface area contributed by atoms with Crippen LogP contribution in [0.25, 0.3) is 11.4 Å². The van der Waals surface area contributed by atoms with Crippen LogP contribution < -0.4 is 10.1 Å². The second kappa shape index (κ2) is 7.75. The van der Waals surface area contributed by atoms with Crippen molar-refractivity contribution in [3.63, 3.8) is 0 Å². The summed E-state index contributed by atoms with van der Waals surface area (Å²) in [5.41, 5.74) is 2.49. The lowest BCUT2D eigenvalue weighted by atomic mass is 10.1. The Hall–Kier alpha value is -3.30. The molecule has 0 spiro atoms. The molecule has 2 N–H and O–H groups in total. The first-order valence-corrected chi connectivity index (χ1v) is 8.63. The molecule has 0 saturated carbocycles. The van der Waals surface area contributed by atoms with Gasteiger partial charge in [-0.3, -0.25) is 9.78 Å². The lowest BCUT2D eigenvalue weighted by Gasteiger charge is -2.12. The number of methoxy groups -OCH3 is 1. The van der Waals surface area contributed by atoms with Crippen LogP contribution in [0.5, 0.6) is 5.75 Å². The minimum Gasteiger partial charge on any atom is -0.491 e. The lowest BCUT2D eigenvalue weighted by molar-refractivity contribution is 0.0930. The number of benzene rings is 1. The third-order valence-electron chi connectivity index (χ3n) is 4.33. The zero-order valence-corrected chi connectivity index (χ0v) is 15.1. The fourth-order valence-corrected chi connectivity index (χ4v) is 2.97. The molecule has 9 nitrogen and oxygen atoms in total. The molecule has 144 valence electrons.